The Morgan fingerprint density at radius 3 is 2.45 bits per heavy atom. The van der Waals surface area contributed by atoms with E-state index in [9.17, 15) is 4.79 Å². The van der Waals surface area contributed by atoms with Crippen LogP contribution in [-0.2, 0) is 4.79 Å². The number of nitrogens with zero attached hydrogens (tertiary/aromatic N) is 1. The maximum absolute atomic E-state index is 13.4. The normalized spacial score (nSPS) is 27.5. The zero-order valence-electron chi connectivity index (χ0n) is 16.4. The van der Waals surface area contributed by atoms with Crippen LogP contribution in [0.4, 0.5) is 5.69 Å². The number of anilines is 1. The van der Waals surface area contributed by atoms with E-state index in [0.717, 1.165) is 32.4 Å². The Morgan fingerprint density at radius 2 is 1.69 bits per heavy atom. The van der Waals surface area contributed by atoms with E-state index >= 15 is 0 Å². The van der Waals surface area contributed by atoms with Gasteiger partial charge in [0.15, 0.2) is 0 Å². The molecular formula is C23H29Cl2N3O. The highest BCUT2D eigenvalue weighted by molar-refractivity contribution is 5.85. The third-order valence-corrected chi connectivity index (χ3v) is 6.51. The molecule has 0 bridgehead atoms. The quantitative estimate of drug-likeness (QED) is 0.719. The van der Waals surface area contributed by atoms with Gasteiger partial charge in [0.1, 0.15) is 0 Å². The van der Waals surface area contributed by atoms with Gasteiger partial charge in [0.25, 0.3) is 0 Å². The van der Waals surface area contributed by atoms with E-state index in [1.54, 1.807) is 0 Å². The van der Waals surface area contributed by atoms with Gasteiger partial charge < -0.3 is 15.5 Å². The summed E-state index contributed by atoms with van der Waals surface area (Å²) in [6, 6.07) is 19.6. The summed E-state index contributed by atoms with van der Waals surface area (Å²) in [5.74, 6) is 0.709. The van der Waals surface area contributed by atoms with E-state index in [0.29, 0.717) is 11.8 Å². The van der Waals surface area contributed by atoms with E-state index in [2.05, 4.69) is 70.1 Å². The minimum absolute atomic E-state index is 0. The highest BCUT2D eigenvalue weighted by atomic mass is 35.5. The molecule has 4 nitrogen and oxygen atoms in total. The standard InChI is InChI=1S/C23H27N3O.2ClH/c27-23(20-12-6-7-14-24-20)26-15-13-18-21(16-8-2-1-3-9-16)25-19-11-5-4-10-17(19)22(18)26;;/h1-5,8-11,18,20-22,24-25H,6-7,12-15H2;2*1H/t18-,20+,21+,22+;;/m0../s1. The molecule has 0 spiro atoms. The Kier molecular flexibility index (Phi) is 7.10. The molecule has 0 radical (unpaired) electrons. The van der Waals surface area contributed by atoms with Gasteiger partial charge in [0, 0.05) is 18.2 Å². The zero-order chi connectivity index (χ0) is 18.2. The summed E-state index contributed by atoms with van der Waals surface area (Å²) in [7, 11) is 0. The number of halogens is 2. The van der Waals surface area contributed by atoms with Crippen LogP contribution in [0, 0.1) is 5.92 Å². The van der Waals surface area contributed by atoms with Crippen LogP contribution in [0.15, 0.2) is 54.6 Å². The lowest BCUT2D eigenvalue weighted by Gasteiger charge is -2.41. The van der Waals surface area contributed by atoms with Gasteiger partial charge in [-0.1, -0.05) is 55.0 Å². The first-order valence-corrected chi connectivity index (χ1v) is 10.3. The van der Waals surface area contributed by atoms with Gasteiger partial charge in [-0.05, 0) is 43.0 Å². The third kappa shape index (κ3) is 3.98. The molecule has 2 aromatic rings. The molecule has 2 aromatic carbocycles. The molecule has 29 heavy (non-hydrogen) atoms. The van der Waals surface area contributed by atoms with Gasteiger partial charge in [-0.25, -0.2) is 0 Å². The minimum Gasteiger partial charge on any atom is -0.378 e. The first-order valence-electron chi connectivity index (χ1n) is 10.3. The molecule has 6 heteroatoms. The average Bonchev–Trinajstić information content (AvgIpc) is 3.19. The first-order chi connectivity index (χ1) is 13.3. The number of carbonyl (C=O) groups is 1. The summed E-state index contributed by atoms with van der Waals surface area (Å²) >= 11 is 0. The Labute approximate surface area is 185 Å². The molecule has 5 rings (SSSR count). The lowest BCUT2D eigenvalue weighted by Crippen LogP contribution is -2.49. The van der Waals surface area contributed by atoms with E-state index < -0.39 is 0 Å². The van der Waals surface area contributed by atoms with Gasteiger partial charge in [-0.2, -0.15) is 0 Å². The summed E-state index contributed by atoms with van der Waals surface area (Å²) in [4.78, 5) is 15.5. The molecule has 2 N–H and O–H groups in total. The summed E-state index contributed by atoms with van der Waals surface area (Å²) < 4.78 is 0. The fraction of sp³-hybridized carbons (Fsp3) is 0.435. The van der Waals surface area contributed by atoms with Crippen LogP contribution in [0.5, 0.6) is 0 Å². The molecule has 0 aromatic heterocycles. The van der Waals surface area contributed by atoms with Gasteiger partial charge >= 0.3 is 0 Å². The number of rotatable bonds is 2. The number of piperidine rings is 1. The number of carbonyl (C=O) groups excluding carboxylic acids is 1. The molecule has 3 heterocycles. The summed E-state index contributed by atoms with van der Waals surface area (Å²) in [5, 5.41) is 7.22. The lowest BCUT2D eigenvalue weighted by molar-refractivity contribution is -0.135. The predicted octanol–water partition coefficient (Wildman–Crippen LogP) is 4.73. The fourth-order valence-corrected chi connectivity index (χ4v) is 5.23. The second-order valence-corrected chi connectivity index (χ2v) is 8.05. The van der Waals surface area contributed by atoms with E-state index in [1.807, 2.05) is 0 Å². The van der Waals surface area contributed by atoms with Crippen LogP contribution >= 0.6 is 24.8 Å². The minimum atomic E-state index is -0.00489. The van der Waals surface area contributed by atoms with Crippen LogP contribution < -0.4 is 10.6 Å². The van der Waals surface area contributed by atoms with Gasteiger partial charge in [-0.15, -0.1) is 24.8 Å². The number of nitrogens with one attached hydrogen (secondary N) is 2. The molecule has 2 saturated heterocycles. The molecule has 0 aliphatic carbocycles. The molecule has 0 unspecified atom stereocenters. The maximum Gasteiger partial charge on any atom is 0.240 e. The van der Waals surface area contributed by atoms with Gasteiger partial charge in [0.05, 0.1) is 18.1 Å². The molecule has 2 fully saturated rings. The van der Waals surface area contributed by atoms with E-state index in [1.165, 1.54) is 23.2 Å². The average molecular weight is 434 g/mol. The number of hydrogen-bond donors (Lipinski definition) is 2. The molecule has 3 aliphatic rings. The monoisotopic (exact) mass is 433 g/mol. The SMILES string of the molecule is Cl.Cl.O=C([C@H]1CCCCN1)N1CC[C@H]2[C@@H](c3ccccc3)Nc3ccccc3[C@H]21. The number of amides is 1. The van der Waals surface area contributed by atoms with Crippen LogP contribution in [0.3, 0.4) is 0 Å². The van der Waals surface area contributed by atoms with Crippen molar-refractivity contribution in [3.8, 4) is 0 Å². The Morgan fingerprint density at radius 1 is 0.931 bits per heavy atom. The van der Waals surface area contributed by atoms with Crippen LogP contribution in [0.25, 0.3) is 0 Å². The van der Waals surface area contributed by atoms with Crippen molar-refractivity contribution >= 4 is 36.4 Å². The largest absolute Gasteiger partial charge is 0.378 e. The van der Waals surface area contributed by atoms with Crippen molar-refractivity contribution in [1.82, 2.24) is 10.2 Å². The van der Waals surface area contributed by atoms with Crippen molar-refractivity contribution in [3.05, 3.63) is 65.7 Å². The molecular weight excluding hydrogens is 405 g/mol. The summed E-state index contributed by atoms with van der Waals surface area (Å²) in [5.41, 5.74) is 3.76. The molecule has 0 saturated carbocycles. The Hall–Kier alpha value is -1.75. The van der Waals surface area contributed by atoms with E-state index in [4.69, 9.17) is 0 Å². The lowest BCUT2D eigenvalue weighted by atomic mass is 9.80. The molecule has 3 aliphatic heterocycles. The number of benzene rings is 2. The zero-order valence-corrected chi connectivity index (χ0v) is 18.1. The molecule has 4 atom stereocenters. The Bertz CT molecular complexity index is 826. The van der Waals surface area contributed by atoms with Gasteiger partial charge in [0.2, 0.25) is 5.91 Å². The second-order valence-electron chi connectivity index (χ2n) is 8.05. The summed E-state index contributed by atoms with van der Waals surface area (Å²) in [6.45, 7) is 1.81. The molecule has 156 valence electrons. The number of fused-ring (bicyclic) bond motifs is 3. The predicted molar refractivity (Wildman–Crippen MR) is 122 cm³/mol. The van der Waals surface area contributed by atoms with Gasteiger partial charge in [-0.3, -0.25) is 4.79 Å². The van der Waals surface area contributed by atoms with Crippen molar-refractivity contribution in [1.29, 1.82) is 0 Å². The highest BCUT2D eigenvalue weighted by Gasteiger charge is 2.47. The van der Waals surface area contributed by atoms with E-state index in [-0.39, 0.29) is 42.9 Å². The van der Waals surface area contributed by atoms with Crippen molar-refractivity contribution in [2.75, 3.05) is 18.4 Å². The number of para-hydroxylation sites is 1. The molecule has 1 amide bonds. The van der Waals surface area contributed by atoms with Crippen molar-refractivity contribution < 1.29 is 4.79 Å². The third-order valence-electron chi connectivity index (χ3n) is 6.51. The highest BCUT2D eigenvalue weighted by Crippen LogP contribution is 2.51. The maximum atomic E-state index is 13.4. The smallest absolute Gasteiger partial charge is 0.240 e. The van der Waals surface area contributed by atoms with Crippen molar-refractivity contribution in [3.63, 3.8) is 0 Å². The topological polar surface area (TPSA) is 44.4 Å². The van der Waals surface area contributed by atoms with Crippen molar-refractivity contribution in [2.45, 2.75) is 43.8 Å². The van der Waals surface area contributed by atoms with Crippen LogP contribution in [-0.4, -0.2) is 29.9 Å². The number of likely N-dealkylation sites (tertiary alicyclic amines) is 1. The second kappa shape index (κ2) is 9.38. The number of hydrogen-bond acceptors (Lipinski definition) is 3. The Balaban J connectivity index is 0.00000120. The fourth-order valence-electron chi connectivity index (χ4n) is 5.23. The summed E-state index contributed by atoms with van der Waals surface area (Å²) in [6.07, 6.45) is 4.34. The van der Waals surface area contributed by atoms with Crippen molar-refractivity contribution in [2.24, 2.45) is 5.92 Å². The van der Waals surface area contributed by atoms with Crippen LogP contribution in [0.2, 0.25) is 0 Å². The first kappa shape index (κ1) is 21.9. The van der Waals surface area contributed by atoms with Crippen LogP contribution in [0.1, 0.15) is 48.9 Å².